The van der Waals surface area contributed by atoms with Crippen LogP contribution in [0.15, 0.2) is 24.3 Å². The van der Waals surface area contributed by atoms with Gasteiger partial charge in [-0.25, -0.2) is 0 Å². The zero-order valence-corrected chi connectivity index (χ0v) is 15.4. The lowest BCUT2D eigenvalue weighted by Crippen LogP contribution is -2.32. The quantitative estimate of drug-likeness (QED) is 0.815. The molecule has 23 heavy (non-hydrogen) atoms. The van der Waals surface area contributed by atoms with Crippen LogP contribution in [0.2, 0.25) is 0 Å². The molecule has 0 spiro atoms. The molecule has 0 unspecified atom stereocenters. The van der Waals surface area contributed by atoms with Crippen LogP contribution in [-0.2, 0) is 11.3 Å². The summed E-state index contributed by atoms with van der Waals surface area (Å²) in [6.45, 7) is 6.28. The largest absolute Gasteiger partial charge is 0.330 e. The van der Waals surface area contributed by atoms with Crippen molar-refractivity contribution in [1.82, 2.24) is 4.90 Å². The van der Waals surface area contributed by atoms with Crippen molar-refractivity contribution in [2.45, 2.75) is 39.2 Å². The lowest BCUT2D eigenvalue weighted by molar-refractivity contribution is -0.116. The first kappa shape index (κ1) is 22.2. The van der Waals surface area contributed by atoms with Crippen molar-refractivity contribution in [3.63, 3.8) is 0 Å². The molecule has 1 aromatic carbocycles. The third-order valence-corrected chi connectivity index (χ3v) is 4.13. The third-order valence-electron chi connectivity index (χ3n) is 4.13. The number of piperidine rings is 1. The molecule has 0 bridgehead atoms. The Bertz CT molecular complexity index is 446. The van der Waals surface area contributed by atoms with Crippen LogP contribution in [-0.4, -0.2) is 30.4 Å². The van der Waals surface area contributed by atoms with Gasteiger partial charge in [0.2, 0.25) is 5.91 Å². The van der Waals surface area contributed by atoms with Gasteiger partial charge < -0.3 is 11.1 Å². The second kappa shape index (κ2) is 11.7. The van der Waals surface area contributed by atoms with Crippen LogP contribution in [0.5, 0.6) is 0 Å². The molecule has 1 amide bonds. The summed E-state index contributed by atoms with van der Waals surface area (Å²) >= 11 is 0. The number of halogens is 2. The molecule has 1 aliphatic rings. The number of likely N-dealkylation sites (tertiary alicyclic amines) is 1. The smallest absolute Gasteiger partial charge is 0.224 e. The van der Waals surface area contributed by atoms with Crippen LogP contribution in [0.3, 0.4) is 0 Å². The molecule has 1 aliphatic heterocycles. The molecule has 0 radical (unpaired) electrons. The molecule has 1 fully saturated rings. The van der Waals surface area contributed by atoms with Gasteiger partial charge in [-0.2, -0.15) is 0 Å². The Morgan fingerprint density at radius 3 is 2.39 bits per heavy atom. The van der Waals surface area contributed by atoms with Crippen molar-refractivity contribution >= 4 is 36.4 Å². The number of hydrogen-bond acceptors (Lipinski definition) is 3. The lowest BCUT2D eigenvalue weighted by atomic mass is 9.99. The number of anilines is 1. The Kier molecular flexibility index (Phi) is 11.3. The van der Waals surface area contributed by atoms with E-state index in [1.807, 2.05) is 12.1 Å². The van der Waals surface area contributed by atoms with Crippen molar-refractivity contribution in [3.8, 4) is 0 Å². The average Bonchev–Trinajstić information content (AvgIpc) is 2.49. The SMILES string of the molecule is CC1CCN(Cc2ccc(NC(=O)CCCN)cc2)CC1.Cl.Cl. The fourth-order valence-electron chi connectivity index (χ4n) is 2.66. The fraction of sp³-hybridized carbons (Fsp3) is 0.588. The number of nitrogens with one attached hydrogen (secondary N) is 1. The van der Waals surface area contributed by atoms with E-state index in [0.29, 0.717) is 13.0 Å². The average molecular weight is 362 g/mol. The Labute approximate surface area is 152 Å². The van der Waals surface area contributed by atoms with E-state index in [1.165, 1.54) is 31.5 Å². The van der Waals surface area contributed by atoms with Gasteiger partial charge in [0.1, 0.15) is 0 Å². The number of amides is 1. The van der Waals surface area contributed by atoms with E-state index in [0.717, 1.165) is 24.6 Å². The minimum absolute atomic E-state index is 0. The predicted octanol–water partition coefficient (Wildman–Crippen LogP) is 3.44. The van der Waals surface area contributed by atoms with Crippen LogP contribution in [0.1, 0.15) is 38.2 Å². The summed E-state index contributed by atoms with van der Waals surface area (Å²) in [6, 6.07) is 8.19. The summed E-state index contributed by atoms with van der Waals surface area (Å²) in [6.07, 6.45) is 3.83. The maximum atomic E-state index is 11.6. The Hall–Kier alpha value is -0.810. The van der Waals surface area contributed by atoms with Crippen LogP contribution >= 0.6 is 24.8 Å². The summed E-state index contributed by atoms with van der Waals surface area (Å²) < 4.78 is 0. The molecule has 1 aromatic rings. The molecule has 4 nitrogen and oxygen atoms in total. The number of benzene rings is 1. The third kappa shape index (κ3) is 8.02. The lowest BCUT2D eigenvalue weighted by Gasteiger charge is -2.30. The van der Waals surface area contributed by atoms with Gasteiger partial charge in [0.15, 0.2) is 0 Å². The normalized spacial score (nSPS) is 15.4. The van der Waals surface area contributed by atoms with Crippen molar-refractivity contribution < 1.29 is 4.79 Å². The molecular weight excluding hydrogens is 333 g/mol. The number of hydrogen-bond donors (Lipinski definition) is 2. The number of carbonyl (C=O) groups excluding carboxylic acids is 1. The van der Waals surface area contributed by atoms with E-state index in [2.05, 4.69) is 29.3 Å². The van der Waals surface area contributed by atoms with Crippen LogP contribution in [0, 0.1) is 5.92 Å². The minimum atomic E-state index is 0. The molecular formula is C17H29Cl2N3O. The first-order valence-electron chi connectivity index (χ1n) is 7.98. The van der Waals surface area contributed by atoms with E-state index >= 15 is 0 Å². The second-order valence-electron chi connectivity index (χ2n) is 6.10. The number of nitrogens with zero attached hydrogens (tertiary/aromatic N) is 1. The minimum Gasteiger partial charge on any atom is -0.330 e. The molecule has 0 aromatic heterocycles. The van der Waals surface area contributed by atoms with Crippen molar-refractivity contribution in [3.05, 3.63) is 29.8 Å². The first-order chi connectivity index (χ1) is 10.2. The second-order valence-corrected chi connectivity index (χ2v) is 6.10. The van der Waals surface area contributed by atoms with Gasteiger partial charge in [0.05, 0.1) is 0 Å². The van der Waals surface area contributed by atoms with E-state index in [1.54, 1.807) is 0 Å². The van der Waals surface area contributed by atoms with E-state index in [-0.39, 0.29) is 30.7 Å². The highest BCUT2D eigenvalue weighted by molar-refractivity contribution is 5.90. The predicted molar refractivity (Wildman–Crippen MR) is 102 cm³/mol. The van der Waals surface area contributed by atoms with Crippen molar-refractivity contribution in [1.29, 1.82) is 0 Å². The fourth-order valence-corrected chi connectivity index (χ4v) is 2.66. The van der Waals surface area contributed by atoms with Gasteiger partial charge >= 0.3 is 0 Å². The highest BCUT2D eigenvalue weighted by Crippen LogP contribution is 2.19. The molecule has 132 valence electrons. The van der Waals surface area contributed by atoms with E-state index in [9.17, 15) is 4.79 Å². The summed E-state index contributed by atoms with van der Waals surface area (Å²) in [7, 11) is 0. The Morgan fingerprint density at radius 1 is 1.22 bits per heavy atom. The molecule has 2 rings (SSSR count). The van der Waals surface area contributed by atoms with Crippen molar-refractivity contribution in [2.24, 2.45) is 11.7 Å². The summed E-state index contributed by atoms with van der Waals surface area (Å²) in [5, 5.41) is 2.91. The molecule has 6 heteroatoms. The molecule has 1 heterocycles. The van der Waals surface area contributed by atoms with Gasteiger partial charge in [-0.1, -0.05) is 19.1 Å². The van der Waals surface area contributed by atoms with Crippen LogP contribution < -0.4 is 11.1 Å². The van der Waals surface area contributed by atoms with Gasteiger partial charge in [-0.15, -0.1) is 24.8 Å². The molecule has 0 aliphatic carbocycles. The van der Waals surface area contributed by atoms with Gasteiger partial charge in [-0.05, 0) is 62.5 Å². The first-order valence-corrected chi connectivity index (χ1v) is 7.98. The molecule has 3 N–H and O–H groups in total. The zero-order chi connectivity index (χ0) is 15.1. The molecule has 1 saturated heterocycles. The highest BCUT2D eigenvalue weighted by atomic mass is 35.5. The topological polar surface area (TPSA) is 58.4 Å². The Balaban J connectivity index is 0.00000242. The zero-order valence-electron chi connectivity index (χ0n) is 13.8. The van der Waals surface area contributed by atoms with Crippen LogP contribution in [0.25, 0.3) is 0 Å². The summed E-state index contributed by atoms with van der Waals surface area (Å²) in [5.74, 6) is 0.908. The van der Waals surface area contributed by atoms with E-state index < -0.39 is 0 Å². The van der Waals surface area contributed by atoms with Gasteiger partial charge in [0, 0.05) is 18.7 Å². The Morgan fingerprint density at radius 2 is 1.83 bits per heavy atom. The molecule has 0 atom stereocenters. The monoisotopic (exact) mass is 361 g/mol. The maximum absolute atomic E-state index is 11.6. The summed E-state index contributed by atoms with van der Waals surface area (Å²) in [5.41, 5.74) is 7.58. The number of nitrogens with two attached hydrogens (primary N) is 1. The van der Waals surface area contributed by atoms with Crippen LogP contribution in [0.4, 0.5) is 5.69 Å². The van der Waals surface area contributed by atoms with E-state index in [4.69, 9.17) is 5.73 Å². The van der Waals surface area contributed by atoms with Gasteiger partial charge in [0.25, 0.3) is 0 Å². The molecule has 0 saturated carbocycles. The van der Waals surface area contributed by atoms with Crippen molar-refractivity contribution in [2.75, 3.05) is 25.0 Å². The number of carbonyl (C=O) groups is 1. The number of rotatable bonds is 6. The highest BCUT2D eigenvalue weighted by Gasteiger charge is 2.15. The standard InChI is InChI=1S/C17H27N3O.2ClH/c1-14-8-11-20(12-9-14)13-15-4-6-16(7-5-15)19-17(21)3-2-10-18;;/h4-7,14H,2-3,8-13,18H2,1H3,(H,19,21);2*1H. The van der Waals surface area contributed by atoms with Gasteiger partial charge in [-0.3, -0.25) is 9.69 Å². The maximum Gasteiger partial charge on any atom is 0.224 e. The summed E-state index contributed by atoms with van der Waals surface area (Å²) in [4.78, 5) is 14.1.